The quantitative estimate of drug-likeness (QED) is 0.792. The average Bonchev–Trinajstić information content (AvgIpc) is 2.37. The summed E-state index contributed by atoms with van der Waals surface area (Å²) in [5.41, 5.74) is 0.830. The molecule has 88 valence electrons. The van der Waals surface area contributed by atoms with Gasteiger partial charge in [0, 0.05) is 6.42 Å². The zero-order chi connectivity index (χ0) is 12.5. The highest BCUT2D eigenvalue weighted by molar-refractivity contribution is 5.75. The molecule has 0 aliphatic carbocycles. The number of benzene rings is 1. The van der Waals surface area contributed by atoms with Crippen LogP contribution in [0.5, 0.6) is 0 Å². The van der Waals surface area contributed by atoms with Gasteiger partial charge in [-0.3, -0.25) is 9.59 Å². The van der Waals surface area contributed by atoms with Crippen molar-refractivity contribution in [3.8, 4) is 0 Å². The van der Waals surface area contributed by atoms with Gasteiger partial charge in [0.25, 0.3) is 0 Å². The molecule has 0 saturated carbocycles. The van der Waals surface area contributed by atoms with Crippen molar-refractivity contribution in [2.75, 3.05) is 0 Å². The van der Waals surface area contributed by atoms with Crippen LogP contribution in [0.2, 0.25) is 0 Å². The van der Waals surface area contributed by atoms with Gasteiger partial charge in [0.05, 0.1) is 0 Å². The molecule has 1 aromatic carbocycles. The van der Waals surface area contributed by atoms with Gasteiger partial charge >= 0.3 is 6.09 Å². The Morgan fingerprint density at radius 2 is 2.00 bits per heavy atom. The highest BCUT2D eigenvalue weighted by atomic mass is 16.5. The molecule has 0 aliphatic rings. The van der Waals surface area contributed by atoms with E-state index in [9.17, 15) is 14.4 Å². The predicted molar refractivity (Wildman–Crippen MR) is 59.6 cm³/mol. The van der Waals surface area contributed by atoms with Crippen LogP contribution in [0, 0.1) is 0 Å². The molecule has 1 atom stereocenters. The summed E-state index contributed by atoms with van der Waals surface area (Å²) in [6.45, 7) is 0.100. The van der Waals surface area contributed by atoms with E-state index in [0.717, 1.165) is 5.56 Å². The van der Waals surface area contributed by atoms with Crippen LogP contribution >= 0.6 is 0 Å². The topological polar surface area (TPSA) is 72.5 Å². The maximum absolute atomic E-state index is 11.2. The molecule has 0 spiro atoms. The van der Waals surface area contributed by atoms with E-state index >= 15 is 0 Å². The highest BCUT2D eigenvalue weighted by Crippen LogP contribution is 2.00. The lowest BCUT2D eigenvalue weighted by molar-refractivity contribution is 0.138. The summed E-state index contributed by atoms with van der Waals surface area (Å²) < 4.78 is 4.85. The monoisotopic (exact) mass is 233 g/mol. The van der Waals surface area contributed by atoms with Crippen molar-refractivity contribution in [3.63, 3.8) is 0 Å². The summed E-state index contributed by atoms with van der Waals surface area (Å²) in [6.07, 6.45) is 2.02. The fourth-order valence-electron chi connectivity index (χ4n) is 1.11. The normalized spacial score (nSPS) is 11.3. The second-order valence-electron chi connectivity index (χ2n) is 3.22. The van der Waals surface area contributed by atoms with Gasteiger partial charge in [-0.2, -0.15) is 0 Å². The van der Waals surface area contributed by atoms with Crippen molar-refractivity contribution < 1.29 is 19.1 Å². The predicted octanol–water partition coefficient (Wildman–Crippen LogP) is 0.891. The average molecular weight is 233 g/mol. The first-order chi connectivity index (χ1) is 8.26. The van der Waals surface area contributed by atoms with E-state index in [1.165, 1.54) is 12.6 Å². The van der Waals surface area contributed by atoms with E-state index in [1.54, 1.807) is 12.1 Å². The van der Waals surface area contributed by atoms with Crippen molar-refractivity contribution in [2.45, 2.75) is 19.1 Å². The van der Waals surface area contributed by atoms with Gasteiger partial charge < -0.3 is 10.1 Å². The van der Waals surface area contributed by atoms with Crippen LogP contribution in [0.15, 0.2) is 30.3 Å². The van der Waals surface area contributed by atoms with Crippen LogP contribution in [0.1, 0.15) is 12.0 Å². The SMILES string of the molecule is O=[C]CC([C]=O)NC(=O)OCc1ccccc1. The number of amides is 1. The Labute approximate surface area is 98.8 Å². The first kappa shape index (κ1) is 12.9. The third kappa shape index (κ3) is 4.92. The Bertz CT molecular complexity index is 377. The lowest BCUT2D eigenvalue weighted by atomic mass is 10.2. The number of nitrogens with one attached hydrogen (secondary N) is 1. The molecular formula is C12H11NO4. The van der Waals surface area contributed by atoms with Crippen molar-refractivity contribution in [1.29, 1.82) is 0 Å². The zero-order valence-electron chi connectivity index (χ0n) is 9.01. The Kier molecular flexibility index (Phi) is 5.43. The maximum Gasteiger partial charge on any atom is 0.408 e. The molecule has 1 amide bonds. The van der Waals surface area contributed by atoms with Crippen LogP contribution in [0.25, 0.3) is 0 Å². The summed E-state index contributed by atoms with van der Waals surface area (Å²) >= 11 is 0. The van der Waals surface area contributed by atoms with E-state index in [2.05, 4.69) is 5.32 Å². The van der Waals surface area contributed by atoms with Gasteiger partial charge in [-0.05, 0) is 5.56 Å². The van der Waals surface area contributed by atoms with Gasteiger partial charge in [0.15, 0.2) is 0 Å². The molecule has 0 fully saturated rings. The number of ether oxygens (including phenoxy) is 1. The molecule has 5 heteroatoms. The van der Waals surface area contributed by atoms with Crippen LogP contribution in [0.3, 0.4) is 0 Å². The number of carbonyl (C=O) groups excluding carboxylic acids is 3. The van der Waals surface area contributed by atoms with Crippen molar-refractivity contribution >= 4 is 18.7 Å². The van der Waals surface area contributed by atoms with E-state index < -0.39 is 12.1 Å². The fourth-order valence-corrected chi connectivity index (χ4v) is 1.11. The Morgan fingerprint density at radius 1 is 1.29 bits per heavy atom. The molecule has 1 aromatic rings. The van der Waals surface area contributed by atoms with E-state index in [4.69, 9.17) is 4.74 Å². The Balaban J connectivity index is 2.34. The first-order valence-electron chi connectivity index (χ1n) is 4.96. The molecular weight excluding hydrogens is 222 g/mol. The third-order valence-corrected chi connectivity index (χ3v) is 1.93. The molecule has 0 aromatic heterocycles. The highest BCUT2D eigenvalue weighted by Gasteiger charge is 2.12. The summed E-state index contributed by atoms with van der Waals surface area (Å²) in [5.74, 6) is 0. The minimum absolute atomic E-state index is 0.100. The minimum atomic E-state index is -1.00. The molecule has 0 bridgehead atoms. The molecule has 1 unspecified atom stereocenters. The summed E-state index contributed by atoms with van der Waals surface area (Å²) in [5, 5.41) is 2.19. The van der Waals surface area contributed by atoms with E-state index in [1.807, 2.05) is 18.2 Å². The smallest absolute Gasteiger partial charge is 0.408 e. The minimum Gasteiger partial charge on any atom is -0.445 e. The Hall–Kier alpha value is -2.17. The summed E-state index contributed by atoms with van der Waals surface area (Å²) in [6, 6.07) is 8.09. The van der Waals surface area contributed by atoms with Crippen LogP contribution < -0.4 is 5.32 Å². The fraction of sp³-hybridized carbons (Fsp3) is 0.250. The van der Waals surface area contributed by atoms with Crippen LogP contribution in [-0.4, -0.2) is 24.7 Å². The van der Waals surface area contributed by atoms with Gasteiger partial charge in [-0.1, -0.05) is 30.3 Å². The van der Waals surface area contributed by atoms with Crippen molar-refractivity contribution in [2.24, 2.45) is 0 Å². The molecule has 2 radical (unpaired) electrons. The maximum atomic E-state index is 11.2. The largest absolute Gasteiger partial charge is 0.445 e. The zero-order valence-corrected chi connectivity index (χ0v) is 9.01. The van der Waals surface area contributed by atoms with Crippen LogP contribution in [-0.2, 0) is 20.9 Å². The van der Waals surface area contributed by atoms with Gasteiger partial charge in [-0.15, -0.1) is 0 Å². The second kappa shape index (κ2) is 7.16. The number of alkyl carbamates (subject to hydrolysis) is 1. The number of hydrogen-bond acceptors (Lipinski definition) is 4. The molecule has 17 heavy (non-hydrogen) atoms. The lowest BCUT2D eigenvalue weighted by Crippen LogP contribution is -2.36. The number of hydrogen-bond donors (Lipinski definition) is 1. The standard InChI is InChI=1S/C12H11NO4/c14-7-6-11(8-15)13-12(16)17-9-10-4-2-1-3-5-10/h1-5,11H,6,9H2,(H,13,16). The molecule has 0 aliphatic heterocycles. The van der Waals surface area contributed by atoms with E-state index in [-0.39, 0.29) is 13.0 Å². The Morgan fingerprint density at radius 3 is 2.59 bits per heavy atom. The van der Waals surface area contributed by atoms with Crippen molar-refractivity contribution in [3.05, 3.63) is 35.9 Å². The first-order valence-corrected chi connectivity index (χ1v) is 4.96. The van der Waals surface area contributed by atoms with Crippen molar-refractivity contribution in [1.82, 2.24) is 5.32 Å². The second-order valence-corrected chi connectivity index (χ2v) is 3.22. The molecule has 0 heterocycles. The number of rotatable bonds is 6. The number of carbonyl (C=O) groups is 1. The third-order valence-electron chi connectivity index (χ3n) is 1.93. The lowest BCUT2D eigenvalue weighted by Gasteiger charge is -2.09. The molecule has 1 rings (SSSR count). The van der Waals surface area contributed by atoms with Gasteiger partial charge in [0.2, 0.25) is 12.6 Å². The molecule has 1 N–H and O–H groups in total. The summed E-state index contributed by atoms with van der Waals surface area (Å²) in [7, 11) is 0. The van der Waals surface area contributed by atoms with Gasteiger partial charge in [0.1, 0.15) is 12.6 Å². The molecule has 0 saturated heterocycles. The van der Waals surface area contributed by atoms with E-state index in [0.29, 0.717) is 0 Å². The van der Waals surface area contributed by atoms with Crippen LogP contribution in [0.4, 0.5) is 4.79 Å². The van der Waals surface area contributed by atoms with Gasteiger partial charge in [-0.25, -0.2) is 4.79 Å². The summed E-state index contributed by atoms with van der Waals surface area (Å²) in [4.78, 5) is 31.6. The molecule has 5 nitrogen and oxygen atoms in total.